The van der Waals surface area contributed by atoms with Crippen LogP contribution in [-0.4, -0.2) is 40.6 Å². The minimum absolute atomic E-state index is 0.0254. The van der Waals surface area contributed by atoms with E-state index in [9.17, 15) is 23.1 Å². The Morgan fingerprint density at radius 3 is 2.75 bits per heavy atom. The largest absolute Gasteiger partial charge is 0.439 e. The van der Waals surface area contributed by atoms with Gasteiger partial charge in [-0.05, 0) is 36.2 Å². The number of hydrogen-bond donors (Lipinski definition) is 2. The fourth-order valence-corrected chi connectivity index (χ4v) is 3.04. The summed E-state index contributed by atoms with van der Waals surface area (Å²) in [4.78, 5) is 17.7. The normalized spacial score (nSPS) is 17.0. The number of benzene rings is 1. The highest BCUT2D eigenvalue weighted by atomic mass is 19.4. The molecule has 1 aromatic carbocycles. The molecule has 1 aromatic heterocycles. The third-order valence-electron chi connectivity index (χ3n) is 4.52. The number of aromatic nitrogens is 1. The second kappa shape index (κ2) is 8.15. The van der Waals surface area contributed by atoms with Crippen LogP contribution in [0.2, 0.25) is 0 Å². The predicted molar refractivity (Wildman–Crippen MR) is 94.7 cm³/mol. The zero-order valence-electron chi connectivity index (χ0n) is 14.9. The van der Waals surface area contributed by atoms with Crippen molar-refractivity contribution < 1.29 is 27.8 Å². The fourth-order valence-electron chi connectivity index (χ4n) is 3.04. The van der Waals surface area contributed by atoms with Crippen LogP contribution in [0.25, 0.3) is 0 Å². The molecule has 1 aliphatic heterocycles. The number of halogens is 3. The van der Waals surface area contributed by atoms with Crippen molar-refractivity contribution in [2.45, 2.75) is 19.1 Å². The Kier molecular flexibility index (Phi) is 5.85. The maximum Gasteiger partial charge on any atom is 0.433 e. The lowest BCUT2D eigenvalue weighted by molar-refractivity contribution is -0.141. The Morgan fingerprint density at radius 2 is 2.11 bits per heavy atom. The molecule has 1 aliphatic rings. The molecule has 3 rings (SSSR count). The number of carbonyl (C=O) groups excluding carboxylic acids is 1. The molecular weight excluding hydrogens is 375 g/mol. The number of nitrogens with zero attached hydrogens (tertiary/aromatic N) is 2. The number of alkyl halides is 3. The molecule has 1 atom stereocenters. The summed E-state index contributed by atoms with van der Waals surface area (Å²) in [6.07, 6.45) is -3.89. The SMILES string of the molecule is NCc1cc(Oc2cccc(C(=O)N3CCC(CO)C3)c2)nc(C(F)(F)F)c1. The maximum atomic E-state index is 13.0. The summed E-state index contributed by atoms with van der Waals surface area (Å²) in [7, 11) is 0. The highest BCUT2D eigenvalue weighted by Crippen LogP contribution is 2.31. The first-order valence-electron chi connectivity index (χ1n) is 8.76. The number of rotatable bonds is 5. The Hall–Kier alpha value is -2.65. The molecule has 1 amide bonds. The van der Waals surface area contributed by atoms with E-state index < -0.39 is 11.9 Å². The van der Waals surface area contributed by atoms with Gasteiger partial charge in [0.1, 0.15) is 11.4 Å². The van der Waals surface area contributed by atoms with Gasteiger partial charge in [-0.25, -0.2) is 4.98 Å². The standard InChI is InChI=1S/C19H20F3N3O3/c20-19(21,22)16-6-13(9-23)7-17(24-16)28-15-3-1-2-14(8-15)18(27)25-5-4-12(10-25)11-26/h1-3,6-8,12,26H,4-5,9-11,23H2. The van der Waals surface area contributed by atoms with Crippen molar-refractivity contribution in [1.82, 2.24) is 9.88 Å². The van der Waals surface area contributed by atoms with E-state index in [1.54, 1.807) is 17.0 Å². The first-order chi connectivity index (χ1) is 13.3. The summed E-state index contributed by atoms with van der Waals surface area (Å²) >= 11 is 0. The Morgan fingerprint density at radius 1 is 1.32 bits per heavy atom. The molecule has 0 aliphatic carbocycles. The van der Waals surface area contributed by atoms with Crippen LogP contribution in [0, 0.1) is 5.92 Å². The van der Waals surface area contributed by atoms with Crippen LogP contribution in [0.3, 0.4) is 0 Å². The summed E-state index contributed by atoms with van der Waals surface area (Å²) in [5, 5.41) is 9.21. The Labute approximate surface area is 159 Å². The third-order valence-corrected chi connectivity index (χ3v) is 4.52. The number of pyridine rings is 1. The van der Waals surface area contributed by atoms with Crippen LogP contribution >= 0.6 is 0 Å². The quantitative estimate of drug-likeness (QED) is 0.813. The minimum Gasteiger partial charge on any atom is -0.439 e. The van der Waals surface area contributed by atoms with Crippen molar-refractivity contribution >= 4 is 5.91 Å². The van der Waals surface area contributed by atoms with Gasteiger partial charge in [-0.2, -0.15) is 13.2 Å². The predicted octanol–water partition coefficient (Wildman–Crippen LogP) is 2.81. The van der Waals surface area contributed by atoms with E-state index in [-0.39, 0.29) is 42.2 Å². The van der Waals surface area contributed by atoms with Crippen LogP contribution in [-0.2, 0) is 12.7 Å². The van der Waals surface area contributed by atoms with Crippen molar-refractivity contribution in [3.8, 4) is 11.6 Å². The van der Waals surface area contributed by atoms with E-state index >= 15 is 0 Å². The molecule has 1 saturated heterocycles. The molecule has 28 heavy (non-hydrogen) atoms. The lowest BCUT2D eigenvalue weighted by Gasteiger charge is -2.17. The van der Waals surface area contributed by atoms with E-state index in [0.717, 1.165) is 12.5 Å². The van der Waals surface area contributed by atoms with Gasteiger partial charge in [-0.3, -0.25) is 4.79 Å². The van der Waals surface area contributed by atoms with Gasteiger partial charge in [0.05, 0.1) is 0 Å². The number of hydrogen-bond acceptors (Lipinski definition) is 5. The van der Waals surface area contributed by atoms with Crippen molar-refractivity contribution in [2.75, 3.05) is 19.7 Å². The maximum absolute atomic E-state index is 13.0. The van der Waals surface area contributed by atoms with Gasteiger partial charge < -0.3 is 20.5 Å². The first-order valence-corrected chi connectivity index (χ1v) is 8.76. The molecule has 9 heteroatoms. The number of amides is 1. The van der Waals surface area contributed by atoms with Crippen LogP contribution in [0.1, 0.15) is 28.0 Å². The lowest BCUT2D eigenvalue weighted by atomic mass is 10.1. The molecule has 2 aromatic rings. The van der Waals surface area contributed by atoms with Crippen molar-refractivity contribution in [1.29, 1.82) is 0 Å². The van der Waals surface area contributed by atoms with Gasteiger partial charge in [0.15, 0.2) is 0 Å². The highest BCUT2D eigenvalue weighted by Gasteiger charge is 2.33. The number of likely N-dealkylation sites (tertiary alicyclic amines) is 1. The number of nitrogens with two attached hydrogens (primary N) is 1. The van der Waals surface area contributed by atoms with E-state index in [1.165, 1.54) is 18.2 Å². The van der Waals surface area contributed by atoms with Crippen LogP contribution in [0.4, 0.5) is 13.2 Å². The van der Waals surface area contributed by atoms with Gasteiger partial charge >= 0.3 is 6.18 Å². The average Bonchev–Trinajstić information content (AvgIpc) is 3.16. The van der Waals surface area contributed by atoms with E-state index in [2.05, 4.69) is 4.98 Å². The van der Waals surface area contributed by atoms with Gasteiger partial charge in [0, 0.05) is 43.8 Å². The third kappa shape index (κ3) is 4.60. The second-order valence-corrected chi connectivity index (χ2v) is 6.62. The molecule has 2 heterocycles. The molecule has 0 saturated carbocycles. The van der Waals surface area contributed by atoms with E-state index in [1.807, 2.05) is 0 Å². The summed E-state index contributed by atoms with van der Waals surface area (Å²) < 4.78 is 44.5. The summed E-state index contributed by atoms with van der Waals surface area (Å²) in [6.45, 7) is 0.943. The summed E-state index contributed by atoms with van der Waals surface area (Å²) in [6, 6.07) is 8.37. The molecule has 3 N–H and O–H groups in total. The van der Waals surface area contributed by atoms with Crippen molar-refractivity contribution in [2.24, 2.45) is 11.7 Å². The number of aliphatic hydroxyl groups is 1. The Balaban J connectivity index is 1.81. The van der Waals surface area contributed by atoms with Crippen LogP contribution in [0.5, 0.6) is 11.6 Å². The van der Waals surface area contributed by atoms with Crippen LogP contribution in [0.15, 0.2) is 36.4 Å². The number of carbonyl (C=O) groups is 1. The molecule has 150 valence electrons. The van der Waals surface area contributed by atoms with E-state index in [4.69, 9.17) is 10.5 Å². The average molecular weight is 395 g/mol. The smallest absolute Gasteiger partial charge is 0.433 e. The first kappa shape index (κ1) is 20.1. The van der Waals surface area contributed by atoms with Gasteiger partial charge in [-0.1, -0.05) is 6.07 Å². The zero-order chi connectivity index (χ0) is 20.3. The number of aliphatic hydroxyl groups excluding tert-OH is 1. The molecule has 0 radical (unpaired) electrons. The van der Waals surface area contributed by atoms with Gasteiger partial charge in [-0.15, -0.1) is 0 Å². The molecule has 1 unspecified atom stereocenters. The zero-order valence-corrected chi connectivity index (χ0v) is 14.9. The second-order valence-electron chi connectivity index (χ2n) is 6.62. The highest BCUT2D eigenvalue weighted by molar-refractivity contribution is 5.94. The molecule has 6 nitrogen and oxygen atoms in total. The van der Waals surface area contributed by atoms with E-state index in [0.29, 0.717) is 18.7 Å². The summed E-state index contributed by atoms with van der Waals surface area (Å²) in [5.74, 6) is -0.214. The molecule has 0 spiro atoms. The van der Waals surface area contributed by atoms with Crippen molar-refractivity contribution in [3.63, 3.8) is 0 Å². The minimum atomic E-state index is -4.62. The molecular formula is C19H20F3N3O3. The van der Waals surface area contributed by atoms with Gasteiger partial charge in [0.25, 0.3) is 5.91 Å². The topological polar surface area (TPSA) is 88.7 Å². The summed E-state index contributed by atoms with van der Waals surface area (Å²) in [5.41, 5.74) is 4.95. The molecule has 0 bridgehead atoms. The molecule has 1 fully saturated rings. The lowest BCUT2D eigenvalue weighted by Crippen LogP contribution is -2.29. The fraction of sp³-hybridized carbons (Fsp3) is 0.368. The van der Waals surface area contributed by atoms with Gasteiger partial charge in [0.2, 0.25) is 5.88 Å². The van der Waals surface area contributed by atoms with Crippen molar-refractivity contribution in [3.05, 3.63) is 53.2 Å². The monoisotopic (exact) mass is 395 g/mol. The number of ether oxygens (including phenoxy) is 1. The van der Waals surface area contributed by atoms with Crippen LogP contribution < -0.4 is 10.5 Å². The Bertz CT molecular complexity index is 858.